The summed E-state index contributed by atoms with van der Waals surface area (Å²) in [6.07, 6.45) is 0.142. The fraction of sp³-hybridized carbons (Fsp3) is 0.136. The quantitative estimate of drug-likeness (QED) is 0.576. The minimum atomic E-state index is -3.97. The van der Waals surface area contributed by atoms with Gasteiger partial charge in [-0.2, -0.15) is 4.72 Å². The Balaban J connectivity index is 1.84. The van der Waals surface area contributed by atoms with E-state index in [4.69, 9.17) is 4.74 Å². The van der Waals surface area contributed by atoms with Crippen LogP contribution < -0.4 is 14.8 Å². The molecule has 1 unspecified atom stereocenters. The lowest BCUT2D eigenvalue weighted by molar-refractivity contribution is -0.117. The lowest BCUT2D eigenvalue weighted by Gasteiger charge is -2.19. The SMILES string of the molecule is COc1ccc(S(=O)(=O)NC(Cc2ccccc2)C(=O)Nc2ccc(F)cc2)cc1. The Morgan fingerprint density at radius 1 is 0.967 bits per heavy atom. The molecule has 3 aromatic rings. The molecule has 0 bridgehead atoms. The summed E-state index contributed by atoms with van der Waals surface area (Å²) in [6.45, 7) is 0. The first-order valence-corrected chi connectivity index (χ1v) is 10.6. The minimum absolute atomic E-state index is 0.0101. The van der Waals surface area contributed by atoms with Gasteiger partial charge in [0.05, 0.1) is 12.0 Å². The van der Waals surface area contributed by atoms with Crippen molar-refractivity contribution in [2.24, 2.45) is 0 Å². The standard InChI is InChI=1S/C22H21FN2O4S/c1-29-19-11-13-20(14-12-19)30(27,28)25-21(15-16-5-3-2-4-6-16)22(26)24-18-9-7-17(23)8-10-18/h2-14,21,25H,15H2,1H3,(H,24,26). The maximum Gasteiger partial charge on any atom is 0.242 e. The average molecular weight is 428 g/mol. The molecule has 0 aliphatic heterocycles. The fourth-order valence-corrected chi connectivity index (χ4v) is 4.01. The predicted octanol–water partition coefficient (Wildman–Crippen LogP) is 3.36. The lowest BCUT2D eigenvalue weighted by Crippen LogP contribution is -2.45. The van der Waals surface area contributed by atoms with Gasteiger partial charge in [-0.1, -0.05) is 30.3 Å². The van der Waals surface area contributed by atoms with E-state index in [2.05, 4.69) is 10.0 Å². The molecule has 0 radical (unpaired) electrons. The number of methoxy groups -OCH3 is 1. The Morgan fingerprint density at radius 3 is 2.20 bits per heavy atom. The normalized spacial score (nSPS) is 12.2. The Bertz CT molecular complexity index is 1090. The first kappa shape index (κ1) is 21.5. The first-order valence-electron chi connectivity index (χ1n) is 9.14. The molecule has 8 heteroatoms. The van der Waals surface area contributed by atoms with Crippen molar-refractivity contribution >= 4 is 21.6 Å². The van der Waals surface area contributed by atoms with Gasteiger partial charge < -0.3 is 10.1 Å². The highest BCUT2D eigenvalue weighted by Gasteiger charge is 2.26. The van der Waals surface area contributed by atoms with E-state index in [-0.39, 0.29) is 11.3 Å². The summed E-state index contributed by atoms with van der Waals surface area (Å²) in [5.74, 6) is -0.472. The van der Waals surface area contributed by atoms with Crippen LogP contribution in [0.4, 0.5) is 10.1 Å². The van der Waals surface area contributed by atoms with E-state index in [0.717, 1.165) is 5.56 Å². The average Bonchev–Trinajstić information content (AvgIpc) is 2.75. The van der Waals surface area contributed by atoms with Crippen LogP contribution in [0.25, 0.3) is 0 Å². The van der Waals surface area contributed by atoms with Crippen molar-refractivity contribution < 1.29 is 22.3 Å². The van der Waals surface area contributed by atoms with Gasteiger partial charge in [-0.15, -0.1) is 0 Å². The number of halogens is 1. The zero-order valence-corrected chi connectivity index (χ0v) is 17.0. The molecule has 0 aromatic heterocycles. The zero-order valence-electron chi connectivity index (χ0n) is 16.2. The van der Waals surface area contributed by atoms with E-state index in [1.807, 2.05) is 18.2 Å². The number of sulfonamides is 1. The summed E-state index contributed by atoms with van der Waals surface area (Å²) >= 11 is 0. The van der Waals surface area contributed by atoms with Crippen LogP contribution in [0.1, 0.15) is 5.56 Å². The molecule has 0 aliphatic carbocycles. The van der Waals surface area contributed by atoms with Crippen molar-refractivity contribution in [3.8, 4) is 5.75 Å². The van der Waals surface area contributed by atoms with Gasteiger partial charge in [-0.3, -0.25) is 4.79 Å². The van der Waals surface area contributed by atoms with Gasteiger partial charge in [0, 0.05) is 5.69 Å². The third kappa shape index (κ3) is 5.65. The van der Waals surface area contributed by atoms with Crippen LogP contribution in [0.3, 0.4) is 0 Å². The Labute approximate surface area is 174 Å². The van der Waals surface area contributed by atoms with Crippen LogP contribution in [0.2, 0.25) is 0 Å². The monoisotopic (exact) mass is 428 g/mol. The molecule has 3 aromatic carbocycles. The number of anilines is 1. The van der Waals surface area contributed by atoms with Gasteiger partial charge in [0.15, 0.2) is 0 Å². The van der Waals surface area contributed by atoms with E-state index in [9.17, 15) is 17.6 Å². The molecule has 156 valence electrons. The summed E-state index contributed by atoms with van der Waals surface area (Å²) in [5, 5.41) is 2.63. The van der Waals surface area contributed by atoms with Crippen LogP contribution in [0, 0.1) is 5.82 Å². The molecule has 30 heavy (non-hydrogen) atoms. The molecule has 0 spiro atoms. The molecule has 1 atom stereocenters. The van der Waals surface area contributed by atoms with E-state index in [1.54, 1.807) is 12.1 Å². The Kier molecular flexibility index (Phi) is 6.81. The van der Waals surface area contributed by atoms with Crippen molar-refractivity contribution in [1.29, 1.82) is 0 Å². The number of ether oxygens (including phenoxy) is 1. The molecule has 6 nitrogen and oxygen atoms in total. The van der Waals surface area contributed by atoms with Crippen LogP contribution in [0.5, 0.6) is 5.75 Å². The van der Waals surface area contributed by atoms with E-state index < -0.39 is 27.8 Å². The first-order chi connectivity index (χ1) is 14.4. The van der Waals surface area contributed by atoms with Gasteiger partial charge in [0.2, 0.25) is 15.9 Å². The van der Waals surface area contributed by atoms with Crippen molar-refractivity contribution in [1.82, 2.24) is 4.72 Å². The highest BCUT2D eigenvalue weighted by molar-refractivity contribution is 7.89. The highest BCUT2D eigenvalue weighted by atomic mass is 32.2. The number of rotatable bonds is 8. The lowest BCUT2D eigenvalue weighted by atomic mass is 10.1. The molecule has 0 saturated carbocycles. The molecule has 0 fully saturated rings. The Morgan fingerprint density at radius 2 is 1.60 bits per heavy atom. The predicted molar refractivity (Wildman–Crippen MR) is 112 cm³/mol. The fourth-order valence-electron chi connectivity index (χ4n) is 2.81. The summed E-state index contributed by atoms with van der Waals surface area (Å²) in [5.41, 5.74) is 1.15. The van der Waals surface area contributed by atoms with Gasteiger partial charge >= 0.3 is 0 Å². The molecule has 3 rings (SSSR count). The summed E-state index contributed by atoms with van der Waals surface area (Å²) in [7, 11) is -2.49. The highest BCUT2D eigenvalue weighted by Crippen LogP contribution is 2.17. The van der Waals surface area contributed by atoms with Gasteiger partial charge in [0.1, 0.15) is 17.6 Å². The van der Waals surface area contributed by atoms with Crippen molar-refractivity contribution in [3.63, 3.8) is 0 Å². The molecular formula is C22H21FN2O4S. The molecular weight excluding hydrogens is 407 g/mol. The number of nitrogens with one attached hydrogen (secondary N) is 2. The van der Waals surface area contributed by atoms with Crippen molar-refractivity contribution in [2.75, 3.05) is 12.4 Å². The number of carbonyl (C=O) groups excluding carboxylic acids is 1. The summed E-state index contributed by atoms with van der Waals surface area (Å²) in [6, 6.07) is 19.1. The molecule has 0 heterocycles. The third-order valence-electron chi connectivity index (χ3n) is 4.38. The number of hydrogen-bond donors (Lipinski definition) is 2. The maximum absolute atomic E-state index is 13.1. The van der Waals surface area contributed by atoms with E-state index in [0.29, 0.717) is 11.4 Å². The molecule has 2 N–H and O–H groups in total. The Hall–Kier alpha value is -3.23. The number of carbonyl (C=O) groups is 1. The van der Waals surface area contributed by atoms with Crippen molar-refractivity contribution in [2.45, 2.75) is 17.4 Å². The van der Waals surface area contributed by atoms with Crippen molar-refractivity contribution in [3.05, 3.63) is 90.2 Å². The minimum Gasteiger partial charge on any atom is -0.497 e. The number of benzene rings is 3. The second-order valence-corrected chi connectivity index (χ2v) is 8.25. The van der Waals surface area contributed by atoms with Crippen LogP contribution in [0.15, 0.2) is 83.8 Å². The van der Waals surface area contributed by atoms with Gasteiger partial charge in [0.25, 0.3) is 0 Å². The smallest absolute Gasteiger partial charge is 0.242 e. The summed E-state index contributed by atoms with van der Waals surface area (Å²) < 4.78 is 46.3. The van der Waals surface area contributed by atoms with Crippen LogP contribution >= 0.6 is 0 Å². The maximum atomic E-state index is 13.1. The third-order valence-corrected chi connectivity index (χ3v) is 5.87. The number of amides is 1. The second kappa shape index (κ2) is 9.51. The zero-order chi connectivity index (χ0) is 21.6. The van der Waals surface area contributed by atoms with Gasteiger partial charge in [-0.05, 0) is 60.5 Å². The van der Waals surface area contributed by atoms with E-state index in [1.165, 1.54) is 55.6 Å². The van der Waals surface area contributed by atoms with E-state index >= 15 is 0 Å². The van der Waals surface area contributed by atoms with Crippen LogP contribution in [-0.4, -0.2) is 27.5 Å². The molecule has 1 amide bonds. The van der Waals surface area contributed by atoms with Crippen LogP contribution in [-0.2, 0) is 21.2 Å². The number of hydrogen-bond acceptors (Lipinski definition) is 4. The molecule has 0 aliphatic rings. The topological polar surface area (TPSA) is 84.5 Å². The summed E-state index contributed by atoms with van der Waals surface area (Å²) in [4.78, 5) is 12.9. The largest absolute Gasteiger partial charge is 0.497 e. The molecule has 0 saturated heterocycles. The van der Waals surface area contributed by atoms with Gasteiger partial charge in [-0.25, -0.2) is 12.8 Å². The second-order valence-electron chi connectivity index (χ2n) is 6.54.